The molecule has 3 heterocycles. The number of carbonyl (C=O) groups is 2. The molecule has 0 aliphatic carbocycles. The van der Waals surface area contributed by atoms with Gasteiger partial charge in [0, 0.05) is 23.3 Å². The standard InChI is InChI=1S/C20H17N5O2S/c26-18(21-11-16-12-25-9-5-4-8-17(25)22-16)10-15-13-28-20(23-15)24-19(27)14-6-2-1-3-7-14/h1-9,12-13H,10-11H2,(H,21,26)(H,23,24,27). The van der Waals surface area contributed by atoms with E-state index in [-0.39, 0.29) is 18.2 Å². The zero-order valence-corrected chi connectivity index (χ0v) is 15.6. The van der Waals surface area contributed by atoms with Gasteiger partial charge in [0.2, 0.25) is 5.91 Å². The fraction of sp³-hybridized carbons (Fsp3) is 0.100. The van der Waals surface area contributed by atoms with E-state index in [1.54, 1.807) is 29.6 Å². The summed E-state index contributed by atoms with van der Waals surface area (Å²) in [5.74, 6) is -0.374. The van der Waals surface area contributed by atoms with Crippen molar-refractivity contribution < 1.29 is 9.59 Å². The Labute approximate surface area is 165 Å². The third-order valence-electron chi connectivity index (χ3n) is 4.03. The number of fused-ring (bicyclic) bond motifs is 1. The Morgan fingerprint density at radius 2 is 1.82 bits per heavy atom. The minimum absolute atomic E-state index is 0.144. The number of thiazole rings is 1. The monoisotopic (exact) mass is 391 g/mol. The number of carbonyl (C=O) groups excluding carboxylic acids is 2. The number of amides is 2. The van der Waals surface area contributed by atoms with Gasteiger partial charge in [-0.15, -0.1) is 11.3 Å². The highest BCUT2D eigenvalue weighted by Gasteiger charge is 2.11. The maximum Gasteiger partial charge on any atom is 0.257 e. The zero-order chi connectivity index (χ0) is 19.3. The first-order valence-corrected chi connectivity index (χ1v) is 9.55. The van der Waals surface area contributed by atoms with Crippen molar-refractivity contribution in [3.05, 3.63) is 83.3 Å². The van der Waals surface area contributed by atoms with E-state index in [0.29, 0.717) is 22.9 Å². The number of rotatable bonds is 6. The number of pyridine rings is 1. The predicted octanol–water partition coefficient (Wildman–Crippen LogP) is 2.90. The average molecular weight is 391 g/mol. The highest BCUT2D eigenvalue weighted by molar-refractivity contribution is 7.14. The smallest absolute Gasteiger partial charge is 0.257 e. The van der Waals surface area contributed by atoms with Crippen molar-refractivity contribution in [3.63, 3.8) is 0 Å². The molecular formula is C20H17N5O2S. The summed E-state index contributed by atoms with van der Waals surface area (Å²) in [7, 11) is 0. The molecule has 3 aromatic heterocycles. The molecule has 0 unspecified atom stereocenters. The van der Waals surface area contributed by atoms with Crippen LogP contribution in [-0.2, 0) is 17.8 Å². The van der Waals surface area contributed by atoms with Gasteiger partial charge in [-0.2, -0.15) is 0 Å². The van der Waals surface area contributed by atoms with E-state index in [2.05, 4.69) is 20.6 Å². The summed E-state index contributed by atoms with van der Waals surface area (Å²) in [6.07, 6.45) is 3.94. The molecule has 28 heavy (non-hydrogen) atoms. The second kappa shape index (κ2) is 8.01. The zero-order valence-electron chi connectivity index (χ0n) is 14.8. The summed E-state index contributed by atoms with van der Waals surface area (Å²) in [5, 5.41) is 7.83. The molecule has 0 saturated carbocycles. The van der Waals surface area contributed by atoms with Crippen LogP contribution < -0.4 is 10.6 Å². The van der Waals surface area contributed by atoms with Gasteiger partial charge in [-0.1, -0.05) is 24.3 Å². The fourth-order valence-electron chi connectivity index (χ4n) is 2.69. The molecule has 7 nitrogen and oxygen atoms in total. The van der Waals surface area contributed by atoms with Gasteiger partial charge in [-0.3, -0.25) is 14.9 Å². The molecule has 0 saturated heterocycles. The van der Waals surface area contributed by atoms with Crippen LogP contribution in [-0.4, -0.2) is 26.2 Å². The third-order valence-corrected chi connectivity index (χ3v) is 4.84. The lowest BCUT2D eigenvalue weighted by atomic mass is 10.2. The van der Waals surface area contributed by atoms with E-state index >= 15 is 0 Å². The van der Waals surface area contributed by atoms with Gasteiger partial charge in [0.05, 0.1) is 24.4 Å². The van der Waals surface area contributed by atoms with Crippen LogP contribution in [0.5, 0.6) is 0 Å². The number of benzene rings is 1. The van der Waals surface area contributed by atoms with Crippen molar-refractivity contribution in [1.82, 2.24) is 19.7 Å². The van der Waals surface area contributed by atoms with Gasteiger partial charge >= 0.3 is 0 Å². The van der Waals surface area contributed by atoms with Crippen molar-refractivity contribution in [2.75, 3.05) is 5.32 Å². The maximum atomic E-state index is 12.2. The Balaban J connectivity index is 1.30. The van der Waals surface area contributed by atoms with Crippen LogP contribution in [0.15, 0.2) is 66.3 Å². The maximum absolute atomic E-state index is 12.2. The topological polar surface area (TPSA) is 88.4 Å². The Kier molecular flexibility index (Phi) is 5.11. The summed E-state index contributed by atoms with van der Waals surface area (Å²) < 4.78 is 1.91. The minimum Gasteiger partial charge on any atom is -0.350 e. The quantitative estimate of drug-likeness (QED) is 0.529. The lowest BCUT2D eigenvalue weighted by Crippen LogP contribution is -2.24. The highest BCUT2D eigenvalue weighted by Crippen LogP contribution is 2.17. The first-order valence-electron chi connectivity index (χ1n) is 8.67. The molecule has 2 N–H and O–H groups in total. The molecule has 1 aromatic carbocycles. The van der Waals surface area contributed by atoms with Crippen molar-refractivity contribution in [2.45, 2.75) is 13.0 Å². The predicted molar refractivity (Wildman–Crippen MR) is 107 cm³/mol. The Morgan fingerprint density at radius 1 is 1.00 bits per heavy atom. The number of hydrogen-bond acceptors (Lipinski definition) is 5. The third kappa shape index (κ3) is 4.24. The molecule has 8 heteroatoms. The second-order valence-corrected chi connectivity index (χ2v) is 6.97. The van der Waals surface area contributed by atoms with Crippen LogP contribution >= 0.6 is 11.3 Å². The minimum atomic E-state index is -0.224. The second-order valence-electron chi connectivity index (χ2n) is 6.12. The number of anilines is 1. The van der Waals surface area contributed by atoms with E-state index in [4.69, 9.17) is 0 Å². The molecular weight excluding hydrogens is 374 g/mol. The summed E-state index contributed by atoms with van der Waals surface area (Å²) >= 11 is 1.29. The van der Waals surface area contributed by atoms with Gasteiger partial charge in [0.25, 0.3) is 5.91 Å². The molecule has 0 radical (unpaired) electrons. The first-order chi connectivity index (χ1) is 13.7. The van der Waals surface area contributed by atoms with Crippen molar-refractivity contribution in [1.29, 1.82) is 0 Å². The van der Waals surface area contributed by atoms with E-state index in [1.807, 2.05) is 41.1 Å². The molecule has 4 aromatic rings. The van der Waals surface area contributed by atoms with Crippen molar-refractivity contribution >= 4 is 33.9 Å². The Bertz CT molecular complexity index is 1090. The van der Waals surface area contributed by atoms with Crippen molar-refractivity contribution in [3.8, 4) is 0 Å². The van der Waals surface area contributed by atoms with Gasteiger partial charge in [0.1, 0.15) is 5.65 Å². The van der Waals surface area contributed by atoms with Gasteiger partial charge < -0.3 is 9.72 Å². The SMILES string of the molecule is O=C(Cc1csc(NC(=O)c2ccccc2)n1)NCc1cn2ccccc2n1. The van der Waals surface area contributed by atoms with Crippen LogP contribution in [0.2, 0.25) is 0 Å². The molecule has 4 rings (SSSR count). The number of imidazole rings is 1. The number of aromatic nitrogens is 3. The molecule has 140 valence electrons. The van der Waals surface area contributed by atoms with Crippen LogP contribution in [0.3, 0.4) is 0 Å². The highest BCUT2D eigenvalue weighted by atomic mass is 32.1. The van der Waals surface area contributed by atoms with Gasteiger partial charge in [-0.25, -0.2) is 9.97 Å². The summed E-state index contributed by atoms with van der Waals surface area (Å²) in [6.45, 7) is 0.349. The summed E-state index contributed by atoms with van der Waals surface area (Å²) in [5.41, 5.74) is 2.80. The van der Waals surface area contributed by atoms with Crippen LogP contribution in [0.4, 0.5) is 5.13 Å². The van der Waals surface area contributed by atoms with Crippen LogP contribution in [0.1, 0.15) is 21.7 Å². The Hall–Kier alpha value is -3.52. The van der Waals surface area contributed by atoms with Gasteiger partial charge in [0.15, 0.2) is 5.13 Å². The van der Waals surface area contributed by atoms with E-state index in [9.17, 15) is 9.59 Å². The molecule has 0 fully saturated rings. The molecule has 0 spiro atoms. The summed E-state index contributed by atoms with van der Waals surface area (Å²) in [6, 6.07) is 14.7. The molecule has 0 atom stereocenters. The first kappa shape index (κ1) is 17.9. The van der Waals surface area contributed by atoms with E-state index in [0.717, 1.165) is 11.3 Å². The number of hydrogen-bond donors (Lipinski definition) is 2. The molecule has 2 amide bonds. The number of nitrogens with one attached hydrogen (secondary N) is 2. The Morgan fingerprint density at radius 3 is 2.64 bits per heavy atom. The lowest BCUT2D eigenvalue weighted by Gasteiger charge is -2.02. The van der Waals surface area contributed by atoms with Crippen molar-refractivity contribution in [2.24, 2.45) is 0 Å². The van der Waals surface area contributed by atoms with Crippen LogP contribution in [0, 0.1) is 0 Å². The van der Waals surface area contributed by atoms with E-state index < -0.39 is 0 Å². The van der Waals surface area contributed by atoms with Gasteiger partial charge in [-0.05, 0) is 24.3 Å². The number of nitrogens with zero attached hydrogens (tertiary/aromatic N) is 3. The summed E-state index contributed by atoms with van der Waals surface area (Å²) in [4.78, 5) is 33.1. The molecule has 0 aliphatic rings. The van der Waals surface area contributed by atoms with Crippen LogP contribution in [0.25, 0.3) is 5.65 Å². The largest absolute Gasteiger partial charge is 0.350 e. The van der Waals surface area contributed by atoms with E-state index in [1.165, 1.54) is 11.3 Å². The lowest BCUT2D eigenvalue weighted by molar-refractivity contribution is -0.120. The molecule has 0 aliphatic heterocycles. The molecule has 0 bridgehead atoms. The normalized spacial score (nSPS) is 10.7. The fourth-order valence-corrected chi connectivity index (χ4v) is 3.40. The average Bonchev–Trinajstić information content (AvgIpc) is 3.33.